The van der Waals surface area contributed by atoms with Gasteiger partial charge in [-0.15, -0.1) is 0 Å². The molecule has 0 radical (unpaired) electrons. The molecule has 0 spiro atoms. The molecule has 1 aliphatic rings. The van der Waals surface area contributed by atoms with Gasteiger partial charge >= 0.3 is 80.0 Å². The van der Waals surface area contributed by atoms with Crippen molar-refractivity contribution >= 4 is 26.2 Å². The third kappa shape index (κ3) is 1.54. The first-order valence-electron chi connectivity index (χ1n) is 4.10. The van der Waals surface area contributed by atoms with Crippen LogP contribution in [0.5, 0.6) is 0 Å². The van der Waals surface area contributed by atoms with Crippen molar-refractivity contribution in [3.05, 3.63) is 0 Å². The Kier molecular flexibility index (Phi) is 2.91. The molecule has 0 unspecified atom stereocenters. The van der Waals surface area contributed by atoms with Crippen molar-refractivity contribution in [1.82, 2.24) is 4.90 Å². The van der Waals surface area contributed by atoms with Crippen molar-refractivity contribution in [2.75, 3.05) is 0 Å². The zero-order valence-corrected chi connectivity index (χ0v) is 9.25. The Bertz CT molecular complexity index is 209. The number of nitrogens with zero attached hydrogens (tertiary/aromatic N) is 1. The van der Waals surface area contributed by atoms with Crippen LogP contribution in [0.25, 0.3) is 0 Å². The third-order valence-electron chi connectivity index (χ3n) is 2.14. The van der Waals surface area contributed by atoms with E-state index >= 15 is 0 Å². The molecule has 1 heterocycles. The molecule has 2 atom stereocenters. The number of carbonyl (C=O) groups excluding carboxylic acids is 1. The Morgan fingerprint density at radius 2 is 2.25 bits per heavy atom. The van der Waals surface area contributed by atoms with Crippen LogP contribution in [-0.2, 0) is 9.53 Å². The molecule has 1 fully saturated rings. The van der Waals surface area contributed by atoms with Crippen molar-refractivity contribution in [3.63, 3.8) is 0 Å². The molecule has 0 aromatic heterocycles. The summed E-state index contributed by atoms with van der Waals surface area (Å²) < 4.78 is 5.99. The van der Waals surface area contributed by atoms with Gasteiger partial charge in [0.25, 0.3) is 0 Å². The van der Waals surface area contributed by atoms with Crippen LogP contribution in [0, 0.1) is 0 Å². The van der Waals surface area contributed by atoms with Gasteiger partial charge in [-0.1, -0.05) is 0 Å². The molecule has 1 saturated heterocycles. The first-order valence-corrected chi connectivity index (χ1v) is 4.96. The van der Waals surface area contributed by atoms with E-state index in [1.165, 1.54) is 0 Å². The molecule has 0 bridgehead atoms. The summed E-state index contributed by atoms with van der Waals surface area (Å²) in [6.07, 6.45) is 0.614. The molecule has 0 N–H and O–H groups in total. The zero-order valence-electron chi connectivity index (χ0n) is 7.53. The maximum atomic E-state index is 11.4. The number of rotatable bonds is 1. The van der Waals surface area contributed by atoms with Crippen LogP contribution in [0.4, 0.5) is 0 Å². The second-order valence-electron chi connectivity index (χ2n) is 2.95. The fourth-order valence-electron chi connectivity index (χ4n) is 1.19. The van der Waals surface area contributed by atoms with Crippen molar-refractivity contribution in [2.45, 2.75) is 39.3 Å². The molecule has 68 valence electrons. The number of ether oxygens (including phenoxy) is 1. The number of carbonyl (C=O) groups is 1. The van der Waals surface area contributed by atoms with Crippen LogP contribution in [-0.4, -0.2) is 43.3 Å². The summed E-state index contributed by atoms with van der Waals surface area (Å²) in [5.41, 5.74) is 0. The Morgan fingerprint density at radius 1 is 1.67 bits per heavy atom. The molecule has 1 aliphatic heterocycles. The monoisotopic (exact) mass is 235 g/mol. The van der Waals surface area contributed by atoms with Crippen molar-refractivity contribution in [3.8, 4) is 0 Å². The summed E-state index contributed by atoms with van der Waals surface area (Å²) in [5, 5.41) is 0. The average molecular weight is 234 g/mol. The zero-order chi connectivity index (χ0) is 9.30. The molecule has 1 amide bonds. The standard InChI is InChI=1S/C8H13NO2Se/c1-4-7(10)9-5(2)6(3)11-8(9)12/h5-6H,4H2,1-3H3/t5-,6+/m0/s1. The van der Waals surface area contributed by atoms with Crippen LogP contribution < -0.4 is 0 Å². The summed E-state index contributed by atoms with van der Waals surface area (Å²) in [4.78, 5) is 13.1. The molecule has 0 aliphatic carbocycles. The van der Waals surface area contributed by atoms with E-state index in [4.69, 9.17) is 4.74 Å². The first kappa shape index (κ1) is 9.75. The Balaban J connectivity index is 2.76. The topological polar surface area (TPSA) is 29.5 Å². The van der Waals surface area contributed by atoms with Gasteiger partial charge in [-0.05, 0) is 0 Å². The fraction of sp³-hybridized carbons (Fsp3) is 0.750. The summed E-state index contributed by atoms with van der Waals surface area (Å²) in [6, 6.07) is 0.147. The third-order valence-corrected chi connectivity index (χ3v) is 2.76. The van der Waals surface area contributed by atoms with Gasteiger partial charge in [-0.2, -0.15) is 0 Å². The van der Waals surface area contributed by atoms with Crippen LogP contribution in [0.3, 0.4) is 0 Å². The van der Waals surface area contributed by atoms with Crippen LogP contribution in [0.1, 0.15) is 27.2 Å². The second-order valence-corrected chi connectivity index (χ2v) is 3.68. The Morgan fingerprint density at radius 3 is 2.58 bits per heavy atom. The number of amides is 1. The SMILES string of the molecule is CCC(=O)N1C(=[Se])O[C@H](C)[C@@H]1C. The minimum atomic E-state index is 0.0942. The van der Waals surface area contributed by atoms with Gasteiger partial charge in [0, 0.05) is 0 Å². The van der Waals surface area contributed by atoms with E-state index in [0.29, 0.717) is 11.1 Å². The fourth-order valence-corrected chi connectivity index (χ4v) is 2.07. The van der Waals surface area contributed by atoms with Gasteiger partial charge in [0.2, 0.25) is 0 Å². The van der Waals surface area contributed by atoms with Gasteiger partial charge < -0.3 is 0 Å². The van der Waals surface area contributed by atoms with Crippen LogP contribution in [0.15, 0.2) is 0 Å². The Labute approximate surface area is 80.4 Å². The van der Waals surface area contributed by atoms with Gasteiger partial charge in [-0.25, -0.2) is 0 Å². The molecular formula is C8H13NO2Se. The molecular weight excluding hydrogens is 221 g/mol. The quantitative estimate of drug-likeness (QED) is 0.610. The van der Waals surface area contributed by atoms with Crippen molar-refractivity contribution in [2.24, 2.45) is 0 Å². The summed E-state index contributed by atoms with van der Waals surface area (Å²) in [7, 11) is 0. The molecule has 4 heteroatoms. The molecule has 12 heavy (non-hydrogen) atoms. The van der Waals surface area contributed by atoms with E-state index in [0.717, 1.165) is 0 Å². The van der Waals surface area contributed by atoms with Gasteiger partial charge in [-0.3, -0.25) is 0 Å². The van der Waals surface area contributed by atoms with Gasteiger partial charge in [0.15, 0.2) is 0 Å². The molecule has 0 aromatic carbocycles. The normalized spacial score (nSPS) is 28.9. The first-order chi connectivity index (χ1) is 5.57. The van der Waals surface area contributed by atoms with Crippen molar-refractivity contribution in [1.29, 1.82) is 0 Å². The number of hydrogen-bond donors (Lipinski definition) is 0. The van der Waals surface area contributed by atoms with E-state index in [2.05, 4.69) is 15.6 Å². The Hall–Kier alpha value is -0.341. The molecule has 0 aromatic rings. The predicted octanol–water partition coefficient (Wildman–Crippen LogP) is 0.288. The van der Waals surface area contributed by atoms with Crippen LogP contribution >= 0.6 is 0 Å². The van der Waals surface area contributed by atoms with E-state index in [-0.39, 0.29) is 18.1 Å². The van der Waals surface area contributed by atoms with Crippen LogP contribution in [0.2, 0.25) is 0 Å². The molecule has 3 nitrogen and oxygen atoms in total. The summed E-state index contributed by atoms with van der Waals surface area (Å²) in [5.74, 6) is 0.112. The number of hydrogen-bond acceptors (Lipinski definition) is 2. The van der Waals surface area contributed by atoms with E-state index in [1.807, 2.05) is 20.8 Å². The minimum absolute atomic E-state index is 0.0942. The van der Waals surface area contributed by atoms with E-state index in [9.17, 15) is 4.79 Å². The van der Waals surface area contributed by atoms with Crippen molar-refractivity contribution < 1.29 is 9.53 Å². The summed E-state index contributed by atoms with van der Waals surface area (Å²) >= 11 is 2.76. The van der Waals surface area contributed by atoms with E-state index < -0.39 is 0 Å². The second kappa shape index (κ2) is 3.58. The maximum absolute atomic E-state index is 11.4. The van der Waals surface area contributed by atoms with Gasteiger partial charge in [0.1, 0.15) is 0 Å². The van der Waals surface area contributed by atoms with E-state index in [1.54, 1.807) is 4.90 Å². The predicted molar refractivity (Wildman–Crippen MR) is 47.9 cm³/mol. The average Bonchev–Trinajstić information content (AvgIpc) is 2.26. The summed E-state index contributed by atoms with van der Waals surface area (Å²) in [6.45, 7) is 5.80. The molecule has 0 saturated carbocycles. The molecule has 1 rings (SSSR count). The van der Waals surface area contributed by atoms with Gasteiger partial charge in [0.05, 0.1) is 0 Å².